The highest BCUT2D eigenvalue weighted by molar-refractivity contribution is 6.43. The molecule has 4 heterocycles. The van der Waals surface area contributed by atoms with E-state index < -0.39 is 0 Å². The van der Waals surface area contributed by atoms with E-state index in [0.29, 0.717) is 0 Å². The van der Waals surface area contributed by atoms with Crippen LogP contribution in [0, 0.1) is 5.92 Å². The van der Waals surface area contributed by atoms with Crippen molar-refractivity contribution in [2.45, 2.75) is 125 Å². The summed E-state index contributed by atoms with van der Waals surface area (Å²) in [6, 6.07) is 0. The van der Waals surface area contributed by atoms with Gasteiger partial charge in [0.2, 0.25) is 0 Å². The third kappa shape index (κ3) is 3.43. The van der Waals surface area contributed by atoms with Gasteiger partial charge in [0.05, 0.1) is 0 Å². The largest absolute Gasteiger partial charge is 0.131 e. The molecular formula is C21H38B2. The molecule has 0 radical (unpaired) electrons. The van der Waals surface area contributed by atoms with Gasteiger partial charge in [-0.05, 0) is 5.92 Å². The van der Waals surface area contributed by atoms with Gasteiger partial charge >= 0.3 is 0 Å². The molecule has 23 heavy (non-hydrogen) atoms. The summed E-state index contributed by atoms with van der Waals surface area (Å²) in [4.78, 5) is 0. The normalized spacial score (nSPS) is 44.0. The van der Waals surface area contributed by atoms with Crippen molar-refractivity contribution in [1.29, 1.82) is 0 Å². The summed E-state index contributed by atoms with van der Waals surface area (Å²) in [5.41, 5.74) is 0. The van der Waals surface area contributed by atoms with Crippen LogP contribution in [-0.2, 0) is 0 Å². The molecule has 4 bridgehead atoms. The van der Waals surface area contributed by atoms with Crippen LogP contribution in [0.2, 0.25) is 22.3 Å². The highest BCUT2D eigenvalue weighted by Gasteiger charge is 2.44. The lowest BCUT2D eigenvalue weighted by molar-refractivity contribution is 0.242. The Morgan fingerprint density at radius 3 is 2.04 bits per heavy atom. The third-order valence-corrected chi connectivity index (χ3v) is 9.02. The van der Waals surface area contributed by atoms with Gasteiger partial charge in [-0.2, -0.15) is 0 Å². The molecule has 4 rings (SSSR count). The number of rotatable bonds is 5. The molecule has 0 aromatic rings. The quantitative estimate of drug-likeness (QED) is 0.523. The van der Waals surface area contributed by atoms with Crippen LogP contribution < -0.4 is 0 Å². The second kappa shape index (κ2) is 6.80. The van der Waals surface area contributed by atoms with Crippen LogP contribution in [0.1, 0.15) is 103 Å². The maximum atomic E-state index is 2.63. The van der Waals surface area contributed by atoms with Crippen LogP contribution in [0.3, 0.4) is 0 Å². The van der Waals surface area contributed by atoms with Gasteiger partial charge in [-0.15, -0.1) is 0 Å². The first-order valence-electron chi connectivity index (χ1n) is 11.2. The van der Waals surface area contributed by atoms with Gasteiger partial charge in [0, 0.05) is 0 Å². The first-order chi connectivity index (χ1) is 11.2. The molecule has 2 heteroatoms. The minimum Gasteiger partial charge on any atom is -0.0651 e. The molecular weight excluding hydrogens is 274 g/mol. The molecule has 4 saturated heterocycles. The summed E-state index contributed by atoms with van der Waals surface area (Å²) in [5.74, 6) is 3.23. The van der Waals surface area contributed by atoms with Crippen LogP contribution in [0.4, 0.5) is 0 Å². The van der Waals surface area contributed by atoms with Crippen molar-refractivity contribution in [2.75, 3.05) is 0 Å². The molecule has 4 aliphatic rings. The van der Waals surface area contributed by atoms with E-state index in [1.807, 2.05) is 0 Å². The van der Waals surface area contributed by atoms with Gasteiger partial charge in [-0.1, -0.05) is 125 Å². The topological polar surface area (TPSA) is 0 Å². The lowest BCUT2D eigenvalue weighted by atomic mass is 9.32. The Bertz CT molecular complexity index is 385. The zero-order valence-corrected chi connectivity index (χ0v) is 15.8. The summed E-state index contributed by atoms with van der Waals surface area (Å²) in [7, 11) is 3.20. The molecule has 4 fully saturated rings. The van der Waals surface area contributed by atoms with Gasteiger partial charge in [0.1, 0.15) is 14.6 Å². The van der Waals surface area contributed by atoms with Crippen molar-refractivity contribution < 1.29 is 0 Å². The third-order valence-electron chi connectivity index (χ3n) is 9.02. The van der Waals surface area contributed by atoms with Crippen molar-refractivity contribution in [2.24, 2.45) is 5.92 Å². The number of hydrogen-bond donors (Lipinski definition) is 0. The Morgan fingerprint density at radius 2 is 1.39 bits per heavy atom. The SMILES string of the molecule is CC(CCCC12BC(CCC1)CCC2)C12BC(CCC1)CCC2. The average Bonchev–Trinajstić information content (AvgIpc) is 2.55. The second-order valence-electron chi connectivity index (χ2n) is 10.4. The first-order valence-corrected chi connectivity index (χ1v) is 11.2. The van der Waals surface area contributed by atoms with Crippen molar-refractivity contribution in [3.05, 3.63) is 0 Å². The molecule has 0 aliphatic carbocycles. The second-order valence-corrected chi connectivity index (χ2v) is 10.4. The molecule has 0 aromatic carbocycles. The summed E-state index contributed by atoms with van der Waals surface area (Å²) in [6.07, 6.45) is 23.3. The minimum atomic E-state index is 0.778. The predicted molar refractivity (Wildman–Crippen MR) is 106 cm³/mol. The molecule has 4 aliphatic heterocycles. The molecule has 0 aromatic heterocycles. The molecule has 0 N–H and O–H groups in total. The fourth-order valence-corrected chi connectivity index (χ4v) is 7.70. The van der Waals surface area contributed by atoms with Gasteiger partial charge in [0.15, 0.2) is 0 Å². The molecule has 0 amide bonds. The van der Waals surface area contributed by atoms with E-state index in [0.717, 1.165) is 28.2 Å². The van der Waals surface area contributed by atoms with E-state index in [4.69, 9.17) is 0 Å². The van der Waals surface area contributed by atoms with Crippen LogP contribution >= 0.6 is 0 Å². The van der Waals surface area contributed by atoms with Crippen molar-refractivity contribution in [1.82, 2.24) is 0 Å². The standard InChI is InChI=1S/C21H38B2/c1-17(21-15-5-10-19(23-21)11-6-16-21)7-2-12-20-13-3-8-18(22-20)9-4-14-20/h17-19,22-23H,2-16H2,1H3. The molecule has 0 spiro atoms. The molecule has 1 unspecified atom stereocenters. The van der Waals surface area contributed by atoms with Crippen LogP contribution in [0.25, 0.3) is 0 Å². The van der Waals surface area contributed by atoms with E-state index in [1.165, 1.54) is 0 Å². The Kier molecular flexibility index (Phi) is 4.90. The van der Waals surface area contributed by atoms with Crippen molar-refractivity contribution >= 4 is 14.6 Å². The molecule has 0 saturated carbocycles. The van der Waals surface area contributed by atoms with Gasteiger partial charge in [-0.25, -0.2) is 0 Å². The van der Waals surface area contributed by atoms with E-state index in [-0.39, 0.29) is 0 Å². The maximum Gasteiger partial charge on any atom is 0.131 e. The summed E-state index contributed by atoms with van der Waals surface area (Å²) in [6.45, 7) is 2.63. The number of hydrogen-bond acceptors (Lipinski definition) is 0. The Labute approximate surface area is 146 Å². The first kappa shape index (κ1) is 16.6. The smallest absolute Gasteiger partial charge is 0.0651 e. The van der Waals surface area contributed by atoms with E-state index in [1.54, 1.807) is 111 Å². The van der Waals surface area contributed by atoms with E-state index in [9.17, 15) is 0 Å². The number of fused-ring (bicyclic) bond motifs is 4. The van der Waals surface area contributed by atoms with Crippen molar-refractivity contribution in [3.8, 4) is 0 Å². The molecule has 128 valence electrons. The van der Waals surface area contributed by atoms with Crippen molar-refractivity contribution in [3.63, 3.8) is 0 Å². The minimum absolute atomic E-state index is 0.778. The van der Waals surface area contributed by atoms with Gasteiger partial charge in [-0.3, -0.25) is 0 Å². The summed E-state index contributed by atoms with van der Waals surface area (Å²) >= 11 is 0. The van der Waals surface area contributed by atoms with Crippen LogP contribution in [0.5, 0.6) is 0 Å². The predicted octanol–water partition coefficient (Wildman–Crippen LogP) is 6.30. The Hall–Kier alpha value is 0.130. The van der Waals surface area contributed by atoms with E-state index in [2.05, 4.69) is 6.92 Å². The van der Waals surface area contributed by atoms with Crippen LogP contribution in [0.15, 0.2) is 0 Å². The highest BCUT2D eigenvalue weighted by Crippen LogP contribution is 2.58. The lowest BCUT2D eigenvalue weighted by Crippen LogP contribution is -2.37. The lowest BCUT2D eigenvalue weighted by Gasteiger charge is -2.49. The fourth-order valence-electron chi connectivity index (χ4n) is 7.70. The average molecular weight is 312 g/mol. The Morgan fingerprint density at radius 1 is 0.826 bits per heavy atom. The summed E-state index contributed by atoms with van der Waals surface area (Å²) in [5, 5.41) is 1.58. The summed E-state index contributed by atoms with van der Waals surface area (Å²) < 4.78 is 0. The molecule has 0 nitrogen and oxygen atoms in total. The zero-order chi connectivity index (χ0) is 15.8. The fraction of sp³-hybridized carbons (Fsp3) is 1.00. The van der Waals surface area contributed by atoms with Crippen LogP contribution in [-0.4, -0.2) is 14.6 Å². The maximum absolute atomic E-state index is 2.63. The zero-order valence-electron chi connectivity index (χ0n) is 15.8. The Balaban J connectivity index is 1.30. The van der Waals surface area contributed by atoms with Gasteiger partial charge < -0.3 is 0 Å². The van der Waals surface area contributed by atoms with E-state index >= 15 is 0 Å². The van der Waals surface area contributed by atoms with Gasteiger partial charge in [0.25, 0.3) is 0 Å². The monoisotopic (exact) mass is 312 g/mol. The molecule has 1 atom stereocenters. The highest BCUT2D eigenvalue weighted by atomic mass is 14.4.